The van der Waals surface area contributed by atoms with Crippen molar-refractivity contribution < 1.29 is 19.0 Å². The van der Waals surface area contributed by atoms with Gasteiger partial charge in [-0.05, 0) is 45.6 Å². The number of rotatable bonds is 7. The van der Waals surface area contributed by atoms with Crippen LogP contribution < -0.4 is 5.32 Å². The highest BCUT2D eigenvalue weighted by Gasteiger charge is 2.43. The molecule has 122 valence electrons. The van der Waals surface area contributed by atoms with Gasteiger partial charge in [-0.1, -0.05) is 6.92 Å². The van der Waals surface area contributed by atoms with Crippen LogP contribution in [-0.2, 0) is 19.0 Å². The Bertz CT molecular complexity index is 326. The quantitative estimate of drug-likeness (QED) is 0.729. The van der Waals surface area contributed by atoms with Crippen molar-refractivity contribution >= 4 is 5.97 Å². The molecule has 0 aromatic carbocycles. The molecular formula is C16H29NO4. The Morgan fingerprint density at radius 3 is 2.86 bits per heavy atom. The van der Waals surface area contributed by atoms with E-state index in [9.17, 15) is 4.79 Å². The average Bonchev–Trinajstić information content (AvgIpc) is 2.99. The molecule has 2 aliphatic rings. The third-order valence-corrected chi connectivity index (χ3v) is 4.43. The minimum Gasteiger partial charge on any atom is -0.465 e. The van der Waals surface area contributed by atoms with E-state index in [1.807, 2.05) is 13.8 Å². The molecule has 5 heteroatoms. The van der Waals surface area contributed by atoms with Gasteiger partial charge in [0.25, 0.3) is 0 Å². The Balaban J connectivity index is 1.90. The number of hydrogen-bond donors (Lipinski definition) is 1. The van der Waals surface area contributed by atoms with E-state index in [1.165, 1.54) is 0 Å². The van der Waals surface area contributed by atoms with Crippen molar-refractivity contribution in [3.63, 3.8) is 0 Å². The summed E-state index contributed by atoms with van der Waals surface area (Å²) in [5.41, 5.74) is -0.565. The molecule has 0 aromatic rings. The Morgan fingerprint density at radius 2 is 2.19 bits per heavy atom. The molecule has 3 atom stereocenters. The van der Waals surface area contributed by atoms with Crippen LogP contribution in [0.25, 0.3) is 0 Å². The van der Waals surface area contributed by atoms with Crippen LogP contribution in [-0.4, -0.2) is 50.1 Å². The van der Waals surface area contributed by atoms with E-state index < -0.39 is 5.54 Å². The van der Waals surface area contributed by atoms with E-state index in [0.29, 0.717) is 19.6 Å². The highest BCUT2D eigenvalue weighted by Crippen LogP contribution is 2.32. The molecule has 2 fully saturated rings. The molecule has 0 radical (unpaired) electrons. The minimum absolute atomic E-state index is 0.117. The average molecular weight is 299 g/mol. The van der Waals surface area contributed by atoms with Gasteiger partial charge < -0.3 is 19.5 Å². The Hall–Kier alpha value is -0.650. The number of hydrogen-bond acceptors (Lipinski definition) is 5. The van der Waals surface area contributed by atoms with Gasteiger partial charge in [0.15, 0.2) is 0 Å². The maximum atomic E-state index is 12.4. The second-order valence-corrected chi connectivity index (χ2v) is 6.02. The minimum atomic E-state index is -0.565. The molecule has 0 amide bonds. The van der Waals surface area contributed by atoms with Crippen LogP contribution in [0.4, 0.5) is 0 Å². The van der Waals surface area contributed by atoms with Gasteiger partial charge in [-0.25, -0.2) is 0 Å². The third-order valence-electron chi connectivity index (χ3n) is 4.43. The first-order chi connectivity index (χ1) is 10.2. The van der Waals surface area contributed by atoms with E-state index in [4.69, 9.17) is 14.2 Å². The van der Waals surface area contributed by atoms with Crippen molar-refractivity contribution in [2.24, 2.45) is 0 Å². The van der Waals surface area contributed by atoms with Crippen LogP contribution in [0, 0.1) is 0 Å². The first-order valence-electron chi connectivity index (χ1n) is 8.35. The van der Waals surface area contributed by atoms with Gasteiger partial charge in [0.2, 0.25) is 0 Å². The van der Waals surface area contributed by atoms with E-state index in [0.717, 1.165) is 45.3 Å². The largest absolute Gasteiger partial charge is 0.465 e. The maximum Gasteiger partial charge on any atom is 0.326 e. The van der Waals surface area contributed by atoms with E-state index in [-0.39, 0.29) is 18.2 Å². The van der Waals surface area contributed by atoms with Crippen LogP contribution in [0.2, 0.25) is 0 Å². The summed E-state index contributed by atoms with van der Waals surface area (Å²) in [6, 6.07) is 0. The number of carbonyl (C=O) groups is 1. The van der Waals surface area contributed by atoms with Crippen molar-refractivity contribution in [3.05, 3.63) is 0 Å². The predicted molar refractivity (Wildman–Crippen MR) is 80.2 cm³/mol. The van der Waals surface area contributed by atoms with Gasteiger partial charge in [-0.15, -0.1) is 0 Å². The van der Waals surface area contributed by atoms with Crippen LogP contribution in [0.3, 0.4) is 0 Å². The second kappa shape index (κ2) is 8.11. The molecule has 0 aromatic heterocycles. The molecule has 2 rings (SSSR count). The van der Waals surface area contributed by atoms with Gasteiger partial charge in [-0.2, -0.15) is 0 Å². The molecule has 5 nitrogen and oxygen atoms in total. The van der Waals surface area contributed by atoms with E-state index in [1.54, 1.807) is 0 Å². The monoisotopic (exact) mass is 299 g/mol. The van der Waals surface area contributed by atoms with Gasteiger partial charge in [0, 0.05) is 13.0 Å². The van der Waals surface area contributed by atoms with Crippen molar-refractivity contribution in [3.8, 4) is 0 Å². The summed E-state index contributed by atoms with van der Waals surface area (Å²) in [6.07, 6.45) is 6.10. The van der Waals surface area contributed by atoms with E-state index >= 15 is 0 Å². The van der Waals surface area contributed by atoms with Gasteiger partial charge >= 0.3 is 5.97 Å². The molecule has 21 heavy (non-hydrogen) atoms. The lowest BCUT2D eigenvalue weighted by Crippen LogP contribution is -2.57. The fourth-order valence-corrected chi connectivity index (χ4v) is 3.41. The Labute approximate surface area is 127 Å². The van der Waals surface area contributed by atoms with Crippen molar-refractivity contribution in [2.45, 2.75) is 70.1 Å². The van der Waals surface area contributed by atoms with Crippen LogP contribution in [0.15, 0.2) is 0 Å². The number of ether oxygens (including phenoxy) is 3. The van der Waals surface area contributed by atoms with Gasteiger partial charge in [0.1, 0.15) is 5.54 Å². The van der Waals surface area contributed by atoms with Crippen LogP contribution >= 0.6 is 0 Å². The molecule has 1 N–H and O–H groups in total. The topological polar surface area (TPSA) is 56.8 Å². The molecule has 0 spiro atoms. The molecule has 1 saturated carbocycles. The van der Waals surface area contributed by atoms with Crippen LogP contribution in [0.5, 0.6) is 0 Å². The summed E-state index contributed by atoms with van der Waals surface area (Å²) < 4.78 is 16.9. The standard InChI is InChI=1S/C16H29NO4/c1-3-17-16(15(18)19-4-2)9-5-7-13(11-16)21-12-14-8-6-10-20-14/h13-14,17H,3-12H2,1-2H3. The first kappa shape index (κ1) is 16.7. The Morgan fingerprint density at radius 1 is 1.33 bits per heavy atom. The van der Waals surface area contributed by atoms with Crippen LogP contribution in [0.1, 0.15) is 52.4 Å². The van der Waals surface area contributed by atoms with E-state index in [2.05, 4.69) is 5.32 Å². The van der Waals surface area contributed by atoms with Crippen molar-refractivity contribution in [1.82, 2.24) is 5.32 Å². The maximum absolute atomic E-state index is 12.4. The molecule has 3 unspecified atom stereocenters. The lowest BCUT2D eigenvalue weighted by Gasteiger charge is -2.39. The summed E-state index contributed by atoms with van der Waals surface area (Å²) in [5.74, 6) is -0.128. The zero-order valence-corrected chi connectivity index (χ0v) is 13.4. The summed E-state index contributed by atoms with van der Waals surface area (Å²) in [7, 11) is 0. The zero-order chi connectivity index (χ0) is 15.1. The number of carbonyl (C=O) groups excluding carboxylic acids is 1. The molecule has 1 heterocycles. The fraction of sp³-hybridized carbons (Fsp3) is 0.938. The molecule has 0 bridgehead atoms. The number of nitrogens with one attached hydrogen (secondary N) is 1. The molecule has 1 aliphatic heterocycles. The molecular weight excluding hydrogens is 270 g/mol. The summed E-state index contributed by atoms with van der Waals surface area (Å²) >= 11 is 0. The zero-order valence-electron chi connectivity index (χ0n) is 13.4. The first-order valence-corrected chi connectivity index (χ1v) is 8.35. The summed E-state index contributed by atoms with van der Waals surface area (Å²) in [6.45, 7) is 6.56. The van der Waals surface area contributed by atoms with Crippen molar-refractivity contribution in [2.75, 3.05) is 26.4 Å². The molecule has 1 saturated heterocycles. The second-order valence-electron chi connectivity index (χ2n) is 6.02. The van der Waals surface area contributed by atoms with Gasteiger partial charge in [-0.3, -0.25) is 4.79 Å². The lowest BCUT2D eigenvalue weighted by atomic mass is 9.80. The lowest BCUT2D eigenvalue weighted by molar-refractivity contribution is -0.156. The highest BCUT2D eigenvalue weighted by molar-refractivity contribution is 5.81. The summed E-state index contributed by atoms with van der Waals surface area (Å²) in [5, 5.41) is 3.35. The SMILES string of the molecule is CCNC1(C(=O)OCC)CCCC(OCC2CCCO2)C1. The van der Waals surface area contributed by atoms with Crippen molar-refractivity contribution in [1.29, 1.82) is 0 Å². The predicted octanol–water partition coefficient (Wildman–Crippen LogP) is 2.04. The number of likely N-dealkylation sites (N-methyl/N-ethyl adjacent to an activating group) is 1. The summed E-state index contributed by atoms with van der Waals surface area (Å²) in [4.78, 5) is 12.4. The fourth-order valence-electron chi connectivity index (χ4n) is 3.41. The number of esters is 1. The third kappa shape index (κ3) is 4.41. The highest BCUT2D eigenvalue weighted by atomic mass is 16.5. The van der Waals surface area contributed by atoms with Gasteiger partial charge in [0.05, 0.1) is 25.4 Å². The Kier molecular flexibility index (Phi) is 6.45. The normalized spacial score (nSPS) is 33.0. The molecule has 1 aliphatic carbocycles. The smallest absolute Gasteiger partial charge is 0.326 e.